The monoisotopic (exact) mass is 282 g/mol. The average molecular weight is 283 g/mol. The lowest BCUT2D eigenvalue weighted by Gasteiger charge is -2.24. The van der Waals surface area contributed by atoms with Crippen LogP contribution < -0.4 is 0 Å². The third-order valence-corrected chi connectivity index (χ3v) is 3.72. The first-order valence-electron chi connectivity index (χ1n) is 5.98. The van der Waals surface area contributed by atoms with Crippen molar-refractivity contribution >= 4 is 11.6 Å². The summed E-state index contributed by atoms with van der Waals surface area (Å²) in [5.41, 5.74) is 0.402. The van der Waals surface area contributed by atoms with Gasteiger partial charge in [0.25, 0.3) is 0 Å². The summed E-state index contributed by atoms with van der Waals surface area (Å²) in [6.07, 6.45) is 0.215. The molecule has 3 nitrogen and oxygen atoms in total. The number of aromatic nitrogens is 2. The van der Waals surface area contributed by atoms with E-state index in [2.05, 4.69) is 5.10 Å². The van der Waals surface area contributed by atoms with E-state index in [0.29, 0.717) is 5.15 Å². The van der Waals surface area contributed by atoms with Crippen LogP contribution in [0.1, 0.15) is 23.7 Å². The van der Waals surface area contributed by atoms with Crippen LogP contribution in [-0.4, -0.2) is 14.9 Å². The summed E-state index contributed by atoms with van der Waals surface area (Å²) in [6.45, 7) is 3.40. The van der Waals surface area contributed by atoms with Gasteiger partial charge in [0.05, 0.1) is 11.3 Å². The topological polar surface area (TPSA) is 38.0 Å². The van der Waals surface area contributed by atoms with Gasteiger partial charge in [-0.2, -0.15) is 5.10 Å². The molecule has 2 aromatic rings. The Balaban J connectivity index is 2.39. The number of rotatable bonds is 3. The summed E-state index contributed by atoms with van der Waals surface area (Å²) in [5, 5.41) is 15.2. The number of aliphatic hydroxyl groups is 1. The van der Waals surface area contributed by atoms with E-state index in [-0.39, 0.29) is 12.0 Å². The first kappa shape index (κ1) is 14.0. The Labute approximate surface area is 116 Å². The highest BCUT2D eigenvalue weighted by molar-refractivity contribution is 6.30. The van der Waals surface area contributed by atoms with Crippen LogP contribution in [-0.2, 0) is 19.1 Å². The van der Waals surface area contributed by atoms with E-state index in [1.165, 1.54) is 6.07 Å². The Kier molecular flexibility index (Phi) is 3.65. The standard InChI is InChI=1S/C14H16ClFN2O/c1-9-10(13(15)18(3)17-9)8-14(2,19)11-6-4-5-7-12(11)16/h4-7,19H,8H2,1-3H3. The largest absolute Gasteiger partial charge is 0.385 e. The van der Waals surface area contributed by atoms with Crippen molar-refractivity contribution in [1.29, 1.82) is 0 Å². The molecule has 1 unspecified atom stereocenters. The third kappa shape index (κ3) is 2.65. The second-order valence-electron chi connectivity index (χ2n) is 4.91. The average Bonchev–Trinajstić information content (AvgIpc) is 2.56. The Hall–Kier alpha value is -1.39. The van der Waals surface area contributed by atoms with Crippen molar-refractivity contribution in [3.05, 3.63) is 52.1 Å². The molecular weight excluding hydrogens is 267 g/mol. The lowest BCUT2D eigenvalue weighted by Crippen LogP contribution is -2.26. The van der Waals surface area contributed by atoms with Gasteiger partial charge in [-0.15, -0.1) is 0 Å². The minimum Gasteiger partial charge on any atom is -0.385 e. The zero-order valence-corrected chi connectivity index (χ0v) is 11.9. The zero-order valence-electron chi connectivity index (χ0n) is 11.1. The molecular formula is C14H16ClFN2O. The van der Waals surface area contributed by atoms with Crippen molar-refractivity contribution in [2.24, 2.45) is 7.05 Å². The fourth-order valence-corrected chi connectivity index (χ4v) is 2.45. The van der Waals surface area contributed by atoms with E-state index in [1.54, 1.807) is 36.9 Å². The molecule has 5 heteroatoms. The molecule has 0 bridgehead atoms. The fraction of sp³-hybridized carbons (Fsp3) is 0.357. The molecule has 0 aliphatic rings. The van der Waals surface area contributed by atoms with Gasteiger partial charge in [0.1, 0.15) is 11.0 Å². The summed E-state index contributed by atoms with van der Waals surface area (Å²) in [7, 11) is 1.73. The van der Waals surface area contributed by atoms with Crippen molar-refractivity contribution in [1.82, 2.24) is 9.78 Å². The Bertz CT molecular complexity index is 607. The maximum Gasteiger partial charge on any atom is 0.130 e. The maximum absolute atomic E-state index is 13.8. The fourth-order valence-electron chi connectivity index (χ4n) is 2.21. The Morgan fingerprint density at radius 1 is 1.42 bits per heavy atom. The van der Waals surface area contributed by atoms with Crippen molar-refractivity contribution in [3.63, 3.8) is 0 Å². The molecule has 1 N–H and O–H groups in total. The summed E-state index contributed by atoms with van der Waals surface area (Å²) < 4.78 is 15.3. The minimum atomic E-state index is -1.33. The molecule has 0 amide bonds. The van der Waals surface area contributed by atoms with E-state index in [1.807, 2.05) is 6.92 Å². The molecule has 19 heavy (non-hydrogen) atoms. The van der Waals surface area contributed by atoms with Crippen LogP contribution in [0.15, 0.2) is 24.3 Å². The molecule has 1 aromatic heterocycles. The van der Waals surface area contributed by atoms with Gasteiger partial charge in [0.2, 0.25) is 0 Å². The molecule has 0 spiro atoms. The van der Waals surface area contributed by atoms with Crippen molar-refractivity contribution < 1.29 is 9.50 Å². The van der Waals surface area contributed by atoms with Crippen LogP contribution in [0.4, 0.5) is 4.39 Å². The van der Waals surface area contributed by atoms with E-state index >= 15 is 0 Å². The lowest BCUT2D eigenvalue weighted by molar-refractivity contribution is 0.0536. The highest BCUT2D eigenvalue weighted by Crippen LogP contribution is 2.31. The number of benzene rings is 1. The number of halogens is 2. The maximum atomic E-state index is 13.8. The highest BCUT2D eigenvalue weighted by Gasteiger charge is 2.29. The van der Waals surface area contributed by atoms with Gasteiger partial charge in [-0.25, -0.2) is 4.39 Å². The molecule has 0 aliphatic carbocycles. The SMILES string of the molecule is Cc1nn(C)c(Cl)c1CC(C)(O)c1ccccc1F. The molecule has 1 aromatic carbocycles. The van der Waals surface area contributed by atoms with E-state index in [0.717, 1.165) is 11.3 Å². The summed E-state index contributed by atoms with van der Waals surface area (Å²) in [5.74, 6) is -0.426. The van der Waals surface area contributed by atoms with E-state index < -0.39 is 11.4 Å². The predicted octanol–water partition coefficient (Wildman–Crippen LogP) is 2.97. The molecule has 2 rings (SSSR count). The van der Waals surface area contributed by atoms with Crippen molar-refractivity contribution in [2.45, 2.75) is 25.9 Å². The normalized spacial score (nSPS) is 14.4. The van der Waals surface area contributed by atoms with Gasteiger partial charge >= 0.3 is 0 Å². The second kappa shape index (κ2) is 4.94. The quantitative estimate of drug-likeness (QED) is 0.940. The number of nitrogens with zero attached hydrogens (tertiary/aromatic N) is 2. The number of hydrogen-bond donors (Lipinski definition) is 1. The van der Waals surface area contributed by atoms with Crippen LogP contribution in [0.5, 0.6) is 0 Å². The van der Waals surface area contributed by atoms with Gasteiger partial charge in [-0.05, 0) is 19.9 Å². The van der Waals surface area contributed by atoms with Crippen LogP contribution in [0.25, 0.3) is 0 Å². The van der Waals surface area contributed by atoms with Crippen LogP contribution >= 0.6 is 11.6 Å². The molecule has 1 heterocycles. The molecule has 0 saturated carbocycles. The van der Waals surface area contributed by atoms with Gasteiger partial charge < -0.3 is 5.11 Å². The second-order valence-corrected chi connectivity index (χ2v) is 5.27. The van der Waals surface area contributed by atoms with E-state index in [9.17, 15) is 9.50 Å². The summed E-state index contributed by atoms with van der Waals surface area (Å²) in [6, 6.07) is 6.21. The van der Waals surface area contributed by atoms with E-state index in [4.69, 9.17) is 11.6 Å². The predicted molar refractivity (Wildman–Crippen MR) is 72.6 cm³/mol. The van der Waals surface area contributed by atoms with Gasteiger partial charge in [-0.3, -0.25) is 4.68 Å². The van der Waals surface area contributed by atoms with Crippen molar-refractivity contribution in [2.75, 3.05) is 0 Å². The molecule has 0 fully saturated rings. The molecule has 0 saturated heterocycles. The van der Waals surface area contributed by atoms with Crippen molar-refractivity contribution in [3.8, 4) is 0 Å². The Morgan fingerprint density at radius 2 is 2.05 bits per heavy atom. The molecule has 0 aliphatic heterocycles. The molecule has 1 atom stereocenters. The summed E-state index contributed by atoms with van der Waals surface area (Å²) >= 11 is 6.14. The smallest absolute Gasteiger partial charge is 0.130 e. The minimum absolute atomic E-state index is 0.215. The zero-order chi connectivity index (χ0) is 14.2. The van der Waals surface area contributed by atoms with Gasteiger partial charge in [0.15, 0.2) is 0 Å². The van der Waals surface area contributed by atoms with Crippen LogP contribution in [0.2, 0.25) is 5.15 Å². The lowest BCUT2D eigenvalue weighted by atomic mass is 9.89. The first-order chi connectivity index (χ1) is 8.83. The highest BCUT2D eigenvalue weighted by atomic mass is 35.5. The summed E-state index contributed by atoms with van der Waals surface area (Å²) in [4.78, 5) is 0. The van der Waals surface area contributed by atoms with Crippen LogP contribution in [0.3, 0.4) is 0 Å². The first-order valence-corrected chi connectivity index (χ1v) is 6.36. The van der Waals surface area contributed by atoms with Crippen LogP contribution in [0, 0.1) is 12.7 Å². The number of hydrogen-bond acceptors (Lipinski definition) is 2. The van der Waals surface area contributed by atoms with Gasteiger partial charge in [0, 0.05) is 24.6 Å². The number of aryl methyl sites for hydroxylation is 2. The van der Waals surface area contributed by atoms with Gasteiger partial charge in [-0.1, -0.05) is 29.8 Å². The Morgan fingerprint density at radius 3 is 2.58 bits per heavy atom. The third-order valence-electron chi connectivity index (χ3n) is 3.24. The molecule has 102 valence electrons. The molecule has 0 radical (unpaired) electrons.